The highest BCUT2D eigenvalue weighted by molar-refractivity contribution is 7.18. The highest BCUT2D eigenvalue weighted by Crippen LogP contribution is 2.38. The number of nitriles is 1. The van der Waals surface area contributed by atoms with E-state index in [0.717, 1.165) is 20.9 Å². The van der Waals surface area contributed by atoms with Gasteiger partial charge in [-0.1, -0.05) is 5.21 Å². The van der Waals surface area contributed by atoms with Gasteiger partial charge in [0.1, 0.15) is 42.2 Å². The van der Waals surface area contributed by atoms with E-state index in [2.05, 4.69) is 25.4 Å². The van der Waals surface area contributed by atoms with E-state index in [0.29, 0.717) is 22.6 Å². The van der Waals surface area contributed by atoms with Crippen LogP contribution in [0.2, 0.25) is 0 Å². The average molecular weight is 547 g/mol. The molecule has 2 aromatic carbocycles. The van der Waals surface area contributed by atoms with Gasteiger partial charge in [-0.2, -0.15) is 10.4 Å². The van der Waals surface area contributed by atoms with Crippen molar-refractivity contribution in [3.05, 3.63) is 70.6 Å². The molecule has 1 aliphatic heterocycles. The molecule has 1 fully saturated rings. The van der Waals surface area contributed by atoms with Crippen molar-refractivity contribution in [1.29, 1.82) is 5.26 Å². The van der Waals surface area contributed by atoms with Crippen LogP contribution in [0.4, 0.5) is 4.39 Å². The van der Waals surface area contributed by atoms with E-state index in [9.17, 15) is 14.6 Å². The van der Waals surface area contributed by atoms with Crippen LogP contribution in [0.1, 0.15) is 40.5 Å². The Hall–Kier alpha value is -4.09. The van der Waals surface area contributed by atoms with E-state index < -0.39 is 36.8 Å². The molecule has 2 N–H and O–H groups in total. The first kappa shape index (κ1) is 25.2. The Labute approximate surface area is 225 Å². The lowest BCUT2D eigenvalue weighted by molar-refractivity contribution is -0.161. The fraction of sp³-hybridized carbons (Fsp3) is 0.308. The number of fused-ring (bicyclic) bond motifs is 1. The molecule has 13 heteroatoms. The minimum absolute atomic E-state index is 0.0501. The van der Waals surface area contributed by atoms with Gasteiger partial charge in [0.25, 0.3) is 0 Å². The number of hydrogen-bond donors (Lipinski definition) is 2. The molecule has 39 heavy (non-hydrogen) atoms. The fourth-order valence-corrected chi connectivity index (χ4v) is 5.83. The van der Waals surface area contributed by atoms with Crippen molar-refractivity contribution in [1.82, 2.24) is 34.7 Å². The quantitative estimate of drug-likeness (QED) is 0.339. The molecule has 1 aliphatic rings. The van der Waals surface area contributed by atoms with Gasteiger partial charge in [-0.05, 0) is 49.7 Å². The zero-order valence-corrected chi connectivity index (χ0v) is 21.7. The van der Waals surface area contributed by atoms with Crippen LogP contribution in [-0.4, -0.2) is 63.8 Å². The molecule has 0 amide bonds. The fourth-order valence-electron chi connectivity index (χ4n) is 4.97. The van der Waals surface area contributed by atoms with Crippen molar-refractivity contribution in [3.63, 3.8) is 0 Å². The first-order valence-corrected chi connectivity index (χ1v) is 13.0. The highest BCUT2D eigenvalue weighted by atomic mass is 32.1. The third-order valence-electron chi connectivity index (χ3n) is 6.90. The van der Waals surface area contributed by atoms with Crippen LogP contribution in [0.5, 0.6) is 0 Å². The maximum atomic E-state index is 14.3. The van der Waals surface area contributed by atoms with Gasteiger partial charge >= 0.3 is 0 Å². The van der Waals surface area contributed by atoms with E-state index in [1.807, 2.05) is 31.2 Å². The first-order valence-electron chi connectivity index (χ1n) is 12.2. The SMILES string of the molecule is Cc1nc2ccc(-n3ncnc3C3CC(n4cc(-c5cc(F)c(C#N)cc5C)nn4)C(O)C(CO)O3)cc2s1. The van der Waals surface area contributed by atoms with Gasteiger partial charge in [0.2, 0.25) is 0 Å². The molecule has 0 bridgehead atoms. The molecular formula is C26H23FN8O3S. The summed E-state index contributed by atoms with van der Waals surface area (Å²) < 4.78 is 24.6. The van der Waals surface area contributed by atoms with E-state index in [1.165, 1.54) is 23.1 Å². The molecular weight excluding hydrogens is 523 g/mol. The van der Waals surface area contributed by atoms with Gasteiger partial charge in [-0.3, -0.25) is 0 Å². The molecule has 6 rings (SSSR count). The maximum absolute atomic E-state index is 14.3. The van der Waals surface area contributed by atoms with Crippen LogP contribution < -0.4 is 0 Å². The third-order valence-corrected chi connectivity index (χ3v) is 7.83. The number of halogens is 1. The number of aliphatic hydroxyl groups excluding tert-OH is 2. The summed E-state index contributed by atoms with van der Waals surface area (Å²) in [6.07, 6.45) is 0.689. The van der Waals surface area contributed by atoms with E-state index in [4.69, 9.17) is 10.00 Å². The summed E-state index contributed by atoms with van der Waals surface area (Å²) in [5.41, 5.74) is 3.18. The summed E-state index contributed by atoms with van der Waals surface area (Å²) in [6.45, 7) is 3.29. The van der Waals surface area contributed by atoms with Crippen LogP contribution in [0.25, 0.3) is 27.2 Å². The Kier molecular flexibility index (Phi) is 6.40. The standard InChI is InChI=1S/C26H23FN8O3S/c1-13-5-15(9-28)18(27)7-17(13)20-10-34(33-32-20)21-8-22(38-23(11-36)25(21)37)26-29-12-30-35(26)16-3-4-19-24(6-16)39-14(2)31-19/h3-7,10,12,21-23,25,36-37H,8,11H2,1-2H3. The molecule has 198 valence electrons. The Balaban J connectivity index is 1.33. The van der Waals surface area contributed by atoms with Gasteiger partial charge < -0.3 is 14.9 Å². The minimum Gasteiger partial charge on any atom is -0.394 e. The maximum Gasteiger partial charge on any atom is 0.161 e. The number of thiazole rings is 1. The van der Waals surface area contributed by atoms with Crippen molar-refractivity contribution >= 4 is 21.6 Å². The van der Waals surface area contributed by atoms with E-state index >= 15 is 0 Å². The van der Waals surface area contributed by atoms with Crippen LogP contribution >= 0.6 is 11.3 Å². The highest BCUT2D eigenvalue weighted by Gasteiger charge is 2.41. The van der Waals surface area contributed by atoms with Crippen molar-refractivity contribution in [2.24, 2.45) is 0 Å². The van der Waals surface area contributed by atoms with Crippen molar-refractivity contribution in [2.45, 2.75) is 44.6 Å². The topological polar surface area (TPSA) is 148 Å². The second kappa shape index (κ2) is 9.90. The van der Waals surface area contributed by atoms with E-state index in [-0.39, 0.29) is 12.0 Å². The second-order valence-corrected chi connectivity index (χ2v) is 10.6. The molecule has 5 aromatic rings. The van der Waals surface area contributed by atoms with Crippen molar-refractivity contribution in [2.75, 3.05) is 6.61 Å². The number of benzene rings is 2. The van der Waals surface area contributed by atoms with Gasteiger partial charge in [0.05, 0.1) is 45.3 Å². The third kappa shape index (κ3) is 4.47. The molecule has 0 aliphatic carbocycles. The number of aromatic nitrogens is 7. The zero-order chi connectivity index (χ0) is 27.3. The normalized spacial score (nSPS) is 21.3. The lowest BCUT2D eigenvalue weighted by Gasteiger charge is -2.38. The smallest absolute Gasteiger partial charge is 0.161 e. The molecule has 11 nitrogen and oxygen atoms in total. The Bertz CT molecular complexity index is 1720. The molecule has 0 spiro atoms. The van der Waals surface area contributed by atoms with Gasteiger partial charge in [-0.25, -0.2) is 23.7 Å². The van der Waals surface area contributed by atoms with E-state index in [1.54, 1.807) is 29.1 Å². The molecule has 4 atom stereocenters. The summed E-state index contributed by atoms with van der Waals surface area (Å²) in [5.74, 6) is -0.138. The number of aryl methyl sites for hydroxylation is 2. The number of ether oxygens (including phenoxy) is 1. The largest absolute Gasteiger partial charge is 0.394 e. The van der Waals surface area contributed by atoms with Crippen molar-refractivity contribution in [3.8, 4) is 23.0 Å². The van der Waals surface area contributed by atoms with Crippen LogP contribution in [0.15, 0.2) is 42.9 Å². The van der Waals surface area contributed by atoms with Gasteiger partial charge in [0, 0.05) is 12.0 Å². The minimum atomic E-state index is -1.09. The summed E-state index contributed by atoms with van der Waals surface area (Å²) in [6, 6.07) is 9.74. The number of rotatable bonds is 5. The molecule has 3 aromatic heterocycles. The Morgan fingerprint density at radius 1 is 1.26 bits per heavy atom. The molecule has 1 saturated heterocycles. The molecule has 0 saturated carbocycles. The van der Waals surface area contributed by atoms with Gasteiger partial charge in [0.15, 0.2) is 5.82 Å². The lowest BCUT2D eigenvalue weighted by Crippen LogP contribution is -2.45. The zero-order valence-electron chi connectivity index (χ0n) is 20.9. The Morgan fingerprint density at radius 2 is 2.10 bits per heavy atom. The van der Waals surface area contributed by atoms with Crippen LogP contribution in [0.3, 0.4) is 0 Å². The Morgan fingerprint density at radius 3 is 2.90 bits per heavy atom. The summed E-state index contributed by atoms with van der Waals surface area (Å²) in [7, 11) is 0. The molecule has 0 radical (unpaired) electrons. The lowest BCUT2D eigenvalue weighted by atomic mass is 9.95. The number of nitrogens with zero attached hydrogens (tertiary/aromatic N) is 8. The van der Waals surface area contributed by atoms with Crippen LogP contribution in [0, 0.1) is 31.0 Å². The number of aliphatic hydroxyl groups is 2. The second-order valence-electron chi connectivity index (χ2n) is 9.40. The summed E-state index contributed by atoms with van der Waals surface area (Å²) >= 11 is 1.58. The monoisotopic (exact) mass is 546 g/mol. The summed E-state index contributed by atoms with van der Waals surface area (Å²) in [4.78, 5) is 8.96. The predicted molar refractivity (Wildman–Crippen MR) is 139 cm³/mol. The molecule has 4 heterocycles. The van der Waals surface area contributed by atoms with Crippen LogP contribution in [-0.2, 0) is 4.74 Å². The van der Waals surface area contributed by atoms with Gasteiger partial charge in [-0.15, -0.1) is 16.4 Å². The summed E-state index contributed by atoms with van der Waals surface area (Å²) in [5, 5.41) is 43.9. The molecule has 4 unspecified atom stereocenters. The van der Waals surface area contributed by atoms with Crippen molar-refractivity contribution < 1.29 is 19.3 Å². The first-order chi connectivity index (χ1) is 18.9. The number of hydrogen-bond acceptors (Lipinski definition) is 10. The predicted octanol–water partition coefficient (Wildman–Crippen LogP) is 3.19. The average Bonchev–Trinajstić information content (AvgIpc) is 3.68.